The number of nitrogens with zero attached hydrogens (tertiary/aromatic N) is 3. The molecule has 1 heterocycles. The summed E-state index contributed by atoms with van der Waals surface area (Å²) in [5, 5.41) is 6.93. The van der Waals surface area contributed by atoms with Crippen molar-refractivity contribution in [3.05, 3.63) is 24.8 Å². The molecule has 1 amide bonds. The molecule has 0 aromatic carbocycles. The highest BCUT2D eigenvalue weighted by Crippen LogP contribution is 2.10. The Bertz CT molecular complexity index is 367. The standard InChI is InChI=1S/C11H18N4O/c1-9(2)10(16)14-11(3,4)5-6-15-8-12-7-13-15/h7-8H,1,5-6H2,2-4H3,(H,14,16). The molecule has 88 valence electrons. The number of aryl methyl sites for hydroxylation is 1. The van der Waals surface area contributed by atoms with Gasteiger partial charge in [0, 0.05) is 17.7 Å². The van der Waals surface area contributed by atoms with Crippen LogP contribution < -0.4 is 5.32 Å². The van der Waals surface area contributed by atoms with E-state index < -0.39 is 0 Å². The molecule has 0 radical (unpaired) electrons. The molecule has 0 atom stereocenters. The van der Waals surface area contributed by atoms with E-state index in [1.54, 1.807) is 17.9 Å². The van der Waals surface area contributed by atoms with E-state index in [1.807, 2.05) is 13.8 Å². The first-order valence-corrected chi connectivity index (χ1v) is 5.21. The number of carbonyl (C=O) groups excluding carboxylic acids is 1. The van der Waals surface area contributed by atoms with Crippen LogP contribution in [-0.2, 0) is 11.3 Å². The second kappa shape index (κ2) is 4.92. The zero-order valence-electron chi connectivity index (χ0n) is 10.0. The molecule has 1 aromatic heterocycles. The SMILES string of the molecule is C=C(C)C(=O)NC(C)(C)CCn1cncn1. The van der Waals surface area contributed by atoms with Crippen molar-refractivity contribution in [2.45, 2.75) is 39.3 Å². The van der Waals surface area contributed by atoms with Gasteiger partial charge in [0.2, 0.25) is 5.91 Å². The summed E-state index contributed by atoms with van der Waals surface area (Å²) in [5.74, 6) is -0.108. The van der Waals surface area contributed by atoms with E-state index in [2.05, 4.69) is 22.0 Å². The van der Waals surface area contributed by atoms with Crippen molar-refractivity contribution in [1.82, 2.24) is 20.1 Å². The van der Waals surface area contributed by atoms with Gasteiger partial charge in [0.1, 0.15) is 12.7 Å². The summed E-state index contributed by atoms with van der Waals surface area (Å²) >= 11 is 0. The second-order valence-electron chi connectivity index (χ2n) is 4.53. The number of nitrogens with one attached hydrogen (secondary N) is 1. The molecule has 0 aliphatic heterocycles. The van der Waals surface area contributed by atoms with E-state index >= 15 is 0 Å². The van der Waals surface area contributed by atoms with Crippen LogP contribution in [0.2, 0.25) is 0 Å². The van der Waals surface area contributed by atoms with Gasteiger partial charge in [-0.05, 0) is 27.2 Å². The fourth-order valence-corrected chi connectivity index (χ4v) is 1.22. The fraction of sp³-hybridized carbons (Fsp3) is 0.545. The van der Waals surface area contributed by atoms with Gasteiger partial charge in [0.15, 0.2) is 0 Å². The van der Waals surface area contributed by atoms with Crippen molar-refractivity contribution in [1.29, 1.82) is 0 Å². The molecular formula is C11H18N4O. The Morgan fingerprint density at radius 1 is 1.56 bits per heavy atom. The lowest BCUT2D eigenvalue weighted by molar-refractivity contribution is -0.119. The molecule has 0 bridgehead atoms. The predicted octanol–water partition coefficient (Wildman–Crippen LogP) is 1.14. The monoisotopic (exact) mass is 222 g/mol. The molecule has 5 heteroatoms. The van der Waals surface area contributed by atoms with Crippen LogP contribution in [0.25, 0.3) is 0 Å². The van der Waals surface area contributed by atoms with Crippen LogP contribution in [0.1, 0.15) is 27.2 Å². The largest absolute Gasteiger partial charge is 0.347 e. The fourth-order valence-electron chi connectivity index (χ4n) is 1.22. The molecule has 0 aliphatic rings. The van der Waals surface area contributed by atoms with Gasteiger partial charge in [-0.15, -0.1) is 0 Å². The highest BCUT2D eigenvalue weighted by atomic mass is 16.1. The Balaban J connectivity index is 2.45. The lowest BCUT2D eigenvalue weighted by Gasteiger charge is -2.26. The van der Waals surface area contributed by atoms with E-state index in [4.69, 9.17) is 0 Å². The molecule has 0 unspecified atom stereocenters. The third-order valence-corrected chi connectivity index (χ3v) is 2.27. The molecule has 1 aromatic rings. The van der Waals surface area contributed by atoms with Gasteiger partial charge in [-0.3, -0.25) is 9.48 Å². The van der Waals surface area contributed by atoms with Gasteiger partial charge < -0.3 is 5.32 Å². The summed E-state index contributed by atoms with van der Waals surface area (Å²) in [6.07, 6.45) is 3.95. The van der Waals surface area contributed by atoms with Gasteiger partial charge in [-0.25, -0.2) is 4.98 Å². The molecule has 0 saturated carbocycles. The van der Waals surface area contributed by atoms with Gasteiger partial charge in [-0.2, -0.15) is 5.10 Å². The molecule has 16 heavy (non-hydrogen) atoms. The van der Waals surface area contributed by atoms with Crippen molar-refractivity contribution in [2.75, 3.05) is 0 Å². The quantitative estimate of drug-likeness (QED) is 0.760. The van der Waals surface area contributed by atoms with Crippen LogP contribution >= 0.6 is 0 Å². The van der Waals surface area contributed by atoms with E-state index in [-0.39, 0.29) is 11.4 Å². The van der Waals surface area contributed by atoms with Gasteiger partial charge in [0.25, 0.3) is 0 Å². The Labute approximate surface area is 95.6 Å². The number of hydrogen-bond acceptors (Lipinski definition) is 3. The van der Waals surface area contributed by atoms with Crippen LogP contribution in [0.3, 0.4) is 0 Å². The number of rotatable bonds is 5. The first-order valence-electron chi connectivity index (χ1n) is 5.21. The second-order valence-corrected chi connectivity index (χ2v) is 4.53. The third-order valence-electron chi connectivity index (χ3n) is 2.27. The predicted molar refractivity (Wildman–Crippen MR) is 61.7 cm³/mol. The minimum atomic E-state index is -0.276. The Kier molecular flexibility index (Phi) is 3.82. The Morgan fingerprint density at radius 2 is 2.25 bits per heavy atom. The van der Waals surface area contributed by atoms with Crippen molar-refractivity contribution in [2.24, 2.45) is 0 Å². The molecular weight excluding hydrogens is 204 g/mol. The smallest absolute Gasteiger partial charge is 0.246 e. The lowest BCUT2D eigenvalue weighted by atomic mass is 10.0. The summed E-state index contributed by atoms with van der Waals surface area (Å²) < 4.78 is 1.74. The summed E-state index contributed by atoms with van der Waals surface area (Å²) in [6.45, 7) is 9.99. The van der Waals surface area contributed by atoms with E-state index in [9.17, 15) is 4.79 Å². The number of hydrogen-bond donors (Lipinski definition) is 1. The van der Waals surface area contributed by atoms with E-state index in [0.29, 0.717) is 5.57 Å². The Morgan fingerprint density at radius 3 is 2.75 bits per heavy atom. The van der Waals surface area contributed by atoms with Crippen molar-refractivity contribution < 1.29 is 4.79 Å². The van der Waals surface area contributed by atoms with Crippen LogP contribution in [-0.4, -0.2) is 26.2 Å². The third kappa shape index (κ3) is 3.84. The maximum absolute atomic E-state index is 11.5. The Hall–Kier alpha value is -1.65. The molecule has 0 fully saturated rings. The number of carbonyl (C=O) groups is 1. The highest BCUT2D eigenvalue weighted by Gasteiger charge is 2.20. The van der Waals surface area contributed by atoms with Crippen molar-refractivity contribution >= 4 is 5.91 Å². The van der Waals surface area contributed by atoms with Crippen LogP contribution in [0, 0.1) is 0 Å². The summed E-state index contributed by atoms with van der Waals surface area (Å²) in [7, 11) is 0. The lowest BCUT2D eigenvalue weighted by Crippen LogP contribution is -2.44. The normalized spacial score (nSPS) is 11.2. The van der Waals surface area contributed by atoms with Gasteiger partial charge in [0.05, 0.1) is 0 Å². The molecule has 5 nitrogen and oxygen atoms in total. The minimum absolute atomic E-state index is 0.108. The zero-order chi connectivity index (χ0) is 12.2. The van der Waals surface area contributed by atoms with Crippen molar-refractivity contribution in [3.63, 3.8) is 0 Å². The highest BCUT2D eigenvalue weighted by molar-refractivity contribution is 5.92. The van der Waals surface area contributed by atoms with Crippen LogP contribution in [0.15, 0.2) is 24.8 Å². The van der Waals surface area contributed by atoms with Crippen LogP contribution in [0.4, 0.5) is 0 Å². The van der Waals surface area contributed by atoms with E-state index in [0.717, 1.165) is 13.0 Å². The average Bonchev–Trinajstić information content (AvgIpc) is 2.66. The molecule has 1 rings (SSSR count). The van der Waals surface area contributed by atoms with Crippen LogP contribution in [0.5, 0.6) is 0 Å². The molecule has 1 N–H and O–H groups in total. The first-order chi connectivity index (χ1) is 7.41. The molecule has 0 saturated heterocycles. The van der Waals surface area contributed by atoms with Crippen molar-refractivity contribution in [3.8, 4) is 0 Å². The summed E-state index contributed by atoms with van der Waals surface area (Å²) in [6, 6.07) is 0. The topological polar surface area (TPSA) is 59.8 Å². The summed E-state index contributed by atoms with van der Waals surface area (Å²) in [4.78, 5) is 15.3. The molecule has 0 spiro atoms. The number of amides is 1. The zero-order valence-corrected chi connectivity index (χ0v) is 10.0. The van der Waals surface area contributed by atoms with Gasteiger partial charge >= 0.3 is 0 Å². The maximum atomic E-state index is 11.5. The van der Waals surface area contributed by atoms with Gasteiger partial charge in [-0.1, -0.05) is 6.58 Å². The molecule has 0 aliphatic carbocycles. The number of aromatic nitrogens is 3. The van der Waals surface area contributed by atoms with E-state index in [1.165, 1.54) is 6.33 Å². The first kappa shape index (κ1) is 12.4. The summed E-state index contributed by atoms with van der Waals surface area (Å²) in [5.41, 5.74) is 0.246. The maximum Gasteiger partial charge on any atom is 0.246 e. The minimum Gasteiger partial charge on any atom is -0.347 e. The average molecular weight is 222 g/mol.